The molecular weight excluding hydrogens is 383 g/mol. The molecule has 1 aromatic heterocycles. The zero-order chi connectivity index (χ0) is 14.8. The lowest BCUT2D eigenvalue weighted by atomic mass is 10.1. The molecule has 104 valence electrons. The van der Waals surface area contributed by atoms with Gasteiger partial charge in [-0.1, -0.05) is 12.1 Å². The Labute approximate surface area is 133 Å². The molecule has 0 radical (unpaired) electrons. The van der Waals surface area contributed by atoms with Gasteiger partial charge in [0.25, 0.3) is 5.69 Å². The molecule has 0 bridgehead atoms. The third-order valence-corrected chi connectivity index (χ3v) is 3.85. The summed E-state index contributed by atoms with van der Waals surface area (Å²) in [5.74, 6) is 1.25. The minimum absolute atomic E-state index is 0.0271. The predicted molar refractivity (Wildman–Crippen MR) is 87.6 cm³/mol. The molecule has 0 saturated carbocycles. The molecule has 21 heavy (non-hydrogen) atoms. The number of para-hydroxylation sites is 1. The minimum atomic E-state index is -0.439. The minimum Gasteiger partial charge on any atom is -0.456 e. The van der Waals surface area contributed by atoms with Gasteiger partial charge in [0.15, 0.2) is 5.52 Å². The number of aromatic nitrogens is 1. The lowest BCUT2D eigenvalue weighted by molar-refractivity contribution is -0.383. The fourth-order valence-electron chi connectivity index (χ4n) is 2.01. The van der Waals surface area contributed by atoms with Crippen LogP contribution < -0.4 is 4.74 Å². The van der Waals surface area contributed by atoms with Crippen LogP contribution >= 0.6 is 22.6 Å². The average molecular weight is 392 g/mol. The SMILES string of the molecule is O=[N+]([O-])c1ccc(Oc2ccccc2I)c2cccnc12. The first-order chi connectivity index (χ1) is 10.2. The first-order valence-corrected chi connectivity index (χ1v) is 7.19. The summed E-state index contributed by atoms with van der Waals surface area (Å²) >= 11 is 2.18. The fourth-order valence-corrected chi connectivity index (χ4v) is 2.51. The maximum atomic E-state index is 11.1. The predicted octanol–water partition coefficient (Wildman–Crippen LogP) is 4.54. The van der Waals surface area contributed by atoms with E-state index in [1.807, 2.05) is 24.3 Å². The smallest absolute Gasteiger partial charge is 0.295 e. The standard InChI is InChI=1S/C15H9IN2O3/c16-11-5-1-2-6-14(11)21-13-8-7-12(18(19)20)15-10(13)4-3-9-17-15/h1-9H. The van der Waals surface area contributed by atoms with Crippen LogP contribution in [0.3, 0.4) is 0 Å². The molecule has 0 spiro atoms. The number of nitro groups is 1. The number of hydrogen-bond donors (Lipinski definition) is 0. The van der Waals surface area contributed by atoms with Gasteiger partial charge in [0.2, 0.25) is 0 Å². The van der Waals surface area contributed by atoms with Gasteiger partial charge < -0.3 is 4.74 Å². The van der Waals surface area contributed by atoms with Gasteiger partial charge in [-0.2, -0.15) is 0 Å². The van der Waals surface area contributed by atoms with E-state index >= 15 is 0 Å². The number of benzene rings is 2. The molecule has 0 aliphatic heterocycles. The lowest BCUT2D eigenvalue weighted by Crippen LogP contribution is -1.94. The summed E-state index contributed by atoms with van der Waals surface area (Å²) in [5, 5.41) is 11.7. The Morgan fingerprint density at radius 2 is 1.86 bits per heavy atom. The molecule has 0 aliphatic rings. The summed E-state index contributed by atoms with van der Waals surface area (Å²) in [6.07, 6.45) is 1.53. The highest BCUT2D eigenvalue weighted by atomic mass is 127. The van der Waals surface area contributed by atoms with E-state index in [1.54, 1.807) is 18.2 Å². The molecule has 3 rings (SSSR count). The fraction of sp³-hybridized carbons (Fsp3) is 0. The van der Waals surface area contributed by atoms with Gasteiger partial charge in [-0.3, -0.25) is 10.1 Å². The zero-order valence-corrected chi connectivity index (χ0v) is 12.9. The molecule has 0 aliphatic carbocycles. The van der Waals surface area contributed by atoms with E-state index in [9.17, 15) is 10.1 Å². The summed E-state index contributed by atoms with van der Waals surface area (Å²) in [5.41, 5.74) is 0.298. The Kier molecular flexibility index (Phi) is 3.70. The molecule has 5 nitrogen and oxygen atoms in total. The maximum absolute atomic E-state index is 11.1. The number of ether oxygens (including phenoxy) is 1. The number of nitrogens with zero attached hydrogens (tertiary/aromatic N) is 2. The lowest BCUT2D eigenvalue weighted by Gasteiger charge is -2.10. The van der Waals surface area contributed by atoms with Gasteiger partial charge in [0.1, 0.15) is 11.5 Å². The Hall–Kier alpha value is -2.22. The first-order valence-electron chi connectivity index (χ1n) is 6.11. The van der Waals surface area contributed by atoms with Gasteiger partial charge in [-0.05, 0) is 52.9 Å². The van der Waals surface area contributed by atoms with Crippen molar-refractivity contribution < 1.29 is 9.66 Å². The van der Waals surface area contributed by atoms with Crippen molar-refractivity contribution in [1.82, 2.24) is 4.98 Å². The van der Waals surface area contributed by atoms with Crippen molar-refractivity contribution in [3.63, 3.8) is 0 Å². The van der Waals surface area contributed by atoms with E-state index in [0.29, 0.717) is 22.4 Å². The van der Waals surface area contributed by atoms with Gasteiger partial charge in [0, 0.05) is 17.6 Å². The molecule has 0 fully saturated rings. The number of nitro benzene ring substituents is 1. The van der Waals surface area contributed by atoms with Crippen molar-refractivity contribution >= 4 is 39.2 Å². The molecule has 0 atom stereocenters. The molecule has 6 heteroatoms. The topological polar surface area (TPSA) is 65.3 Å². The number of hydrogen-bond acceptors (Lipinski definition) is 4. The van der Waals surface area contributed by atoms with Crippen molar-refractivity contribution in [3.8, 4) is 11.5 Å². The third-order valence-electron chi connectivity index (χ3n) is 2.96. The van der Waals surface area contributed by atoms with Crippen LogP contribution in [-0.4, -0.2) is 9.91 Å². The molecule has 0 saturated heterocycles. The quantitative estimate of drug-likeness (QED) is 0.373. The zero-order valence-electron chi connectivity index (χ0n) is 10.7. The van der Waals surface area contributed by atoms with Crippen LogP contribution in [0.4, 0.5) is 5.69 Å². The number of halogens is 1. The molecular formula is C15H9IN2O3. The Morgan fingerprint density at radius 1 is 1.05 bits per heavy atom. The number of non-ortho nitro benzene ring substituents is 1. The largest absolute Gasteiger partial charge is 0.456 e. The number of rotatable bonds is 3. The van der Waals surface area contributed by atoms with E-state index in [0.717, 1.165) is 3.57 Å². The van der Waals surface area contributed by atoms with E-state index in [4.69, 9.17) is 4.74 Å². The highest BCUT2D eigenvalue weighted by molar-refractivity contribution is 14.1. The van der Waals surface area contributed by atoms with Crippen LogP contribution in [0.25, 0.3) is 10.9 Å². The van der Waals surface area contributed by atoms with Gasteiger partial charge in [0.05, 0.1) is 8.49 Å². The van der Waals surface area contributed by atoms with Gasteiger partial charge in [-0.25, -0.2) is 4.98 Å². The van der Waals surface area contributed by atoms with Crippen molar-refractivity contribution in [1.29, 1.82) is 0 Å². The van der Waals surface area contributed by atoms with Crippen LogP contribution in [0.2, 0.25) is 0 Å². The molecule has 3 aromatic rings. The Morgan fingerprint density at radius 3 is 2.62 bits per heavy atom. The van der Waals surface area contributed by atoms with Crippen molar-refractivity contribution in [2.75, 3.05) is 0 Å². The Balaban J connectivity index is 2.14. The number of pyridine rings is 1. The highest BCUT2D eigenvalue weighted by Gasteiger charge is 2.16. The van der Waals surface area contributed by atoms with E-state index in [1.165, 1.54) is 12.3 Å². The van der Waals surface area contributed by atoms with E-state index in [-0.39, 0.29) is 5.69 Å². The molecule has 0 unspecified atom stereocenters. The normalized spacial score (nSPS) is 10.5. The first kappa shape index (κ1) is 13.7. The van der Waals surface area contributed by atoms with Gasteiger partial charge >= 0.3 is 0 Å². The second-order valence-electron chi connectivity index (χ2n) is 4.27. The molecule has 2 aromatic carbocycles. The third kappa shape index (κ3) is 2.66. The average Bonchev–Trinajstić information content (AvgIpc) is 2.49. The second kappa shape index (κ2) is 5.65. The van der Waals surface area contributed by atoms with Crippen molar-refractivity contribution in [2.24, 2.45) is 0 Å². The second-order valence-corrected chi connectivity index (χ2v) is 5.43. The monoisotopic (exact) mass is 392 g/mol. The molecule has 0 amide bonds. The van der Waals surface area contributed by atoms with E-state index in [2.05, 4.69) is 27.6 Å². The van der Waals surface area contributed by atoms with Crippen LogP contribution in [0, 0.1) is 13.7 Å². The summed E-state index contributed by atoms with van der Waals surface area (Å²) in [6.45, 7) is 0. The summed E-state index contributed by atoms with van der Waals surface area (Å²) in [6, 6.07) is 14.1. The molecule has 1 heterocycles. The summed E-state index contributed by atoms with van der Waals surface area (Å²) in [7, 11) is 0. The highest BCUT2D eigenvalue weighted by Crippen LogP contribution is 2.35. The van der Waals surface area contributed by atoms with Crippen LogP contribution in [0.1, 0.15) is 0 Å². The number of fused-ring (bicyclic) bond motifs is 1. The Bertz CT molecular complexity index is 836. The van der Waals surface area contributed by atoms with Crippen molar-refractivity contribution in [2.45, 2.75) is 0 Å². The molecule has 0 N–H and O–H groups in total. The van der Waals surface area contributed by atoms with Crippen molar-refractivity contribution in [3.05, 3.63) is 68.4 Å². The van der Waals surface area contributed by atoms with Gasteiger partial charge in [-0.15, -0.1) is 0 Å². The van der Waals surface area contributed by atoms with Crippen LogP contribution in [0.5, 0.6) is 11.5 Å². The van der Waals surface area contributed by atoms with Crippen LogP contribution in [0.15, 0.2) is 54.7 Å². The summed E-state index contributed by atoms with van der Waals surface area (Å²) < 4.78 is 6.85. The van der Waals surface area contributed by atoms with Crippen LogP contribution in [-0.2, 0) is 0 Å². The maximum Gasteiger partial charge on any atom is 0.295 e. The van der Waals surface area contributed by atoms with E-state index < -0.39 is 4.92 Å². The summed E-state index contributed by atoms with van der Waals surface area (Å²) in [4.78, 5) is 14.7.